The second-order valence-electron chi connectivity index (χ2n) is 6.72. The molecule has 1 saturated carbocycles. The third kappa shape index (κ3) is 2.86. The van der Waals surface area contributed by atoms with Crippen molar-refractivity contribution in [2.45, 2.75) is 57.2 Å². The van der Waals surface area contributed by atoms with E-state index >= 15 is 0 Å². The average Bonchev–Trinajstić information content (AvgIpc) is 3.05. The second-order valence-corrected chi connectivity index (χ2v) is 6.72. The number of carbonyl (C=O) groups is 2. The standard InChI is InChI=1S/C15H25N3O3/c1-10-8-17-7-3-4-11(17)9-18(10)15(21)16-13-6-2-5-12(13)14(19)20/h10-13H,2-9H2,1H3,(H,16,21)(H,19,20). The van der Waals surface area contributed by atoms with Gasteiger partial charge in [0.15, 0.2) is 0 Å². The Bertz CT molecular complexity index is 428. The second kappa shape index (κ2) is 5.83. The van der Waals surface area contributed by atoms with E-state index in [4.69, 9.17) is 0 Å². The molecular formula is C15H25N3O3. The molecule has 3 fully saturated rings. The first-order valence-electron chi connectivity index (χ1n) is 8.10. The van der Waals surface area contributed by atoms with Crippen LogP contribution in [-0.2, 0) is 4.79 Å². The van der Waals surface area contributed by atoms with Gasteiger partial charge in [0.25, 0.3) is 0 Å². The average molecular weight is 295 g/mol. The summed E-state index contributed by atoms with van der Waals surface area (Å²) >= 11 is 0. The van der Waals surface area contributed by atoms with Gasteiger partial charge in [0.05, 0.1) is 5.92 Å². The zero-order valence-corrected chi connectivity index (χ0v) is 12.6. The van der Waals surface area contributed by atoms with E-state index in [2.05, 4.69) is 17.1 Å². The Balaban J connectivity index is 1.61. The van der Waals surface area contributed by atoms with E-state index in [1.807, 2.05) is 4.90 Å². The molecule has 21 heavy (non-hydrogen) atoms. The summed E-state index contributed by atoms with van der Waals surface area (Å²) in [5.74, 6) is -1.21. The van der Waals surface area contributed by atoms with Crippen LogP contribution in [0.1, 0.15) is 39.0 Å². The molecule has 3 aliphatic rings. The van der Waals surface area contributed by atoms with Crippen molar-refractivity contribution in [3.8, 4) is 0 Å². The molecule has 0 aromatic heterocycles. The van der Waals surface area contributed by atoms with Crippen LogP contribution in [0.15, 0.2) is 0 Å². The normalized spacial score (nSPS) is 36.5. The van der Waals surface area contributed by atoms with E-state index in [0.717, 1.165) is 38.9 Å². The summed E-state index contributed by atoms with van der Waals surface area (Å²) < 4.78 is 0. The number of hydrogen-bond donors (Lipinski definition) is 2. The van der Waals surface area contributed by atoms with Crippen molar-refractivity contribution < 1.29 is 14.7 Å². The van der Waals surface area contributed by atoms with Gasteiger partial charge in [0.1, 0.15) is 0 Å². The molecule has 2 amide bonds. The molecule has 4 atom stereocenters. The minimum absolute atomic E-state index is 0.0767. The zero-order valence-electron chi connectivity index (χ0n) is 12.6. The Labute approximate surface area is 125 Å². The molecule has 2 saturated heterocycles. The van der Waals surface area contributed by atoms with Crippen LogP contribution in [0.2, 0.25) is 0 Å². The number of carbonyl (C=O) groups excluding carboxylic acids is 1. The molecule has 1 aliphatic carbocycles. The molecule has 0 aromatic rings. The number of carboxylic acid groups (broad SMARTS) is 1. The van der Waals surface area contributed by atoms with E-state index in [1.54, 1.807) is 0 Å². The first kappa shape index (κ1) is 14.6. The third-order valence-corrected chi connectivity index (χ3v) is 5.34. The lowest BCUT2D eigenvalue weighted by atomic mass is 10.0. The maximum atomic E-state index is 12.5. The van der Waals surface area contributed by atoms with E-state index in [-0.39, 0.29) is 18.1 Å². The van der Waals surface area contributed by atoms with Gasteiger partial charge >= 0.3 is 12.0 Å². The van der Waals surface area contributed by atoms with Crippen molar-refractivity contribution >= 4 is 12.0 Å². The summed E-state index contributed by atoms with van der Waals surface area (Å²) in [4.78, 5) is 28.1. The number of amides is 2. The molecule has 6 nitrogen and oxygen atoms in total. The minimum Gasteiger partial charge on any atom is -0.481 e. The van der Waals surface area contributed by atoms with Crippen LogP contribution in [0.25, 0.3) is 0 Å². The number of piperazine rings is 1. The van der Waals surface area contributed by atoms with Gasteiger partial charge in [0.2, 0.25) is 0 Å². The summed E-state index contributed by atoms with van der Waals surface area (Å²) in [6, 6.07) is 0.408. The summed E-state index contributed by atoms with van der Waals surface area (Å²) in [6.07, 6.45) is 4.72. The first-order valence-corrected chi connectivity index (χ1v) is 8.10. The highest BCUT2D eigenvalue weighted by molar-refractivity contribution is 5.77. The lowest BCUT2D eigenvalue weighted by molar-refractivity contribution is -0.142. The van der Waals surface area contributed by atoms with Crippen LogP contribution in [-0.4, -0.2) is 64.7 Å². The third-order valence-electron chi connectivity index (χ3n) is 5.34. The van der Waals surface area contributed by atoms with Crippen molar-refractivity contribution in [2.24, 2.45) is 5.92 Å². The van der Waals surface area contributed by atoms with Crippen molar-refractivity contribution in [1.82, 2.24) is 15.1 Å². The fourth-order valence-electron chi connectivity index (χ4n) is 4.14. The molecule has 6 heteroatoms. The number of carboxylic acids is 1. The molecule has 2 heterocycles. The van der Waals surface area contributed by atoms with E-state index in [0.29, 0.717) is 12.5 Å². The van der Waals surface area contributed by atoms with E-state index in [9.17, 15) is 14.7 Å². The van der Waals surface area contributed by atoms with Crippen LogP contribution in [0.3, 0.4) is 0 Å². The topological polar surface area (TPSA) is 72.9 Å². The number of rotatable bonds is 2. The number of nitrogens with one attached hydrogen (secondary N) is 1. The van der Waals surface area contributed by atoms with Crippen LogP contribution in [0.5, 0.6) is 0 Å². The van der Waals surface area contributed by atoms with Gasteiger partial charge in [-0.05, 0) is 39.2 Å². The zero-order chi connectivity index (χ0) is 15.0. The maximum absolute atomic E-state index is 12.5. The SMILES string of the molecule is CC1CN2CCCC2CN1C(=O)NC1CCCC1C(=O)O. The van der Waals surface area contributed by atoms with Crippen molar-refractivity contribution in [3.63, 3.8) is 0 Å². The molecule has 0 bridgehead atoms. The van der Waals surface area contributed by atoms with Crippen molar-refractivity contribution in [2.75, 3.05) is 19.6 Å². The van der Waals surface area contributed by atoms with Crippen molar-refractivity contribution in [1.29, 1.82) is 0 Å². The highest BCUT2D eigenvalue weighted by Crippen LogP contribution is 2.28. The number of urea groups is 1. The Hall–Kier alpha value is -1.30. The van der Waals surface area contributed by atoms with Gasteiger partial charge in [-0.15, -0.1) is 0 Å². The van der Waals surface area contributed by atoms with Gasteiger partial charge in [-0.25, -0.2) is 4.79 Å². The molecule has 0 aromatic carbocycles. The fraction of sp³-hybridized carbons (Fsp3) is 0.867. The monoisotopic (exact) mass is 295 g/mol. The quantitative estimate of drug-likeness (QED) is 0.800. The predicted octanol–water partition coefficient (Wildman–Crippen LogP) is 1.12. The highest BCUT2D eigenvalue weighted by atomic mass is 16.4. The molecular weight excluding hydrogens is 270 g/mol. The molecule has 0 spiro atoms. The van der Waals surface area contributed by atoms with Gasteiger partial charge in [0, 0.05) is 31.2 Å². The Morgan fingerprint density at radius 2 is 1.95 bits per heavy atom. The highest BCUT2D eigenvalue weighted by Gasteiger charge is 2.39. The number of hydrogen-bond acceptors (Lipinski definition) is 3. The first-order chi connectivity index (χ1) is 10.1. The molecule has 3 rings (SSSR count). The summed E-state index contributed by atoms with van der Waals surface area (Å²) in [6.45, 7) is 4.94. The smallest absolute Gasteiger partial charge is 0.317 e. The Morgan fingerprint density at radius 1 is 1.14 bits per heavy atom. The molecule has 4 unspecified atom stereocenters. The lowest BCUT2D eigenvalue weighted by Crippen LogP contribution is -2.60. The van der Waals surface area contributed by atoms with Crippen LogP contribution in [0.4, 0.5) is 4.79 Å². The summed E-state index contributed by atoms with van der Waals surface area (Å²) in [7, 11) is 0. The maximum Gasteiger partial charge on any atom is 0.317 e. The molecule has 2 N–H and O–H groups in total. The number of aliphatic carboxylic acids is 1. The van der Waals surface area contributed by atoms with Gasteiger partial charge in [-0.3, -0.25) is 9.69 Å². The van der Waals surface area contributed by atoms with Gasteiger partial charge in [-0.2, -0.15) is 0 Å². The number of nitrogens with zero attached hydrogens (tertiary/aromatic N) is 2. The lowest BCUT2D eigenvalue weighted by Gasteiger charge is -2.42. The summed E-state index contributed by atoms with van der Waals surface area (Å²) in [5, 5.41) is 12.2. The van der Waals surface area contributed by atoms with Crippen LogP contribution < -0.4 is 5.32 Å². The van der Waals surface area contributed by atoms with Gasteiger partial charge in [-0.1, -0.05) is 6.42 Å². The molecule has 0 radical (unpaired) electrons. The van der Waals surface area contributed by atoms with E-state index < -0.39 is 11.9 Å². The minimum atomic E-state index is -0.786. The van der Waals surface area contributed by atoms with Crippen molar-refractivity contribution in [3.05, 3.63) is 0 Å². The molecule has 118 valence electrons. The Kier molecular flexibility index (Phi) is 4.06. The summed E-state index contributed by atoms with van der Waals surface area (Å²) in [5.41, 5.74) is 0. The Morgan fingerprint density at radius 3 is 2.71 bits per heavy atom. The van der Waals surface area contributed by atoms with E-state index in [1.165, 1.54) is 6.42 Å². The van der Waals surface area contributed by atoms with Crippen LogP contribution >= 0.6 is 0 Å². The van der Waals surface area contributed by atoms with Gasteiger partial charge < -0.3 is 15.3 Å². The van der Waals surface area contributed by atoms with Crippen LogP contribution in [0, 0.1) is 5.92 Å². The molecule has 2 aliphatic heterocycles. The largest absolute Gasteiger partial charge is 0.481 e. The fourth-order valence-corrected chi connectivity index (χ4v) is 4.14. The predicted molar refractivity (Wildman–Crippen MR) is 78.1 cm³/mol. The number of fused-ring (bicyclic) bond motifs is 1.